The van der Waals surface area contributed by atoms with Crippen LogP contribution in [0.1, 0.15) is 50.2 Å². The Hall–Kier alpha value is -2.11. The molecule has 1 saturated carbocycles. The molecule has 4 rings (SSSR count). The number of morpholine rings is 1. The second kappa shape index (κ2) is 9.58. The highest BCUT2D eigenvalue weighted by atomic mass is 16.5. The van der Waals surface area contributed by atoms with Crippen LogP contribution in [0.4, 0.5) is 0 Å². The summed E-state index contributed by atoms with van der Waals surface area (Å²) in [6, 6.07) is 18.8. The van der Waals surface area contributed by atoms with Crippen LogP contribution in [0.25, 0.3) is 0 Å². The van der Waals surface area contributed by atoms with E-state index in [0.717, 1.165) is 56.6 Å². The third-order valence-corrected chi connectivity index (χ3v) is 7.02. The summed E-state index contributed by atoms with van der Waals surface area (Å²) < 4.78 is 5.55. The average Bonchev–Trinajstić information content (AvgIpc) is 2.80. The van der Waals surface area contributed by atoms with Gasteiger partial charge in [0.25, 0.3) is 0 Å². The number of hydrogen-bond donors (Lipinski definition) is 1. The number of ether oxygens (including phenoxy) is 1. The van der Waals surface area contributed by atoms with Crippen molar-refractivity contribution >= 4 is 19.2 Å². The molecular formula is C26H33BN2O2. The standard InChI is InChI=1S/C26H33BN2O2/c1-26(2,20-6-4-3-5-7-20)28-25(30)23-13-12-22(29-14-16-31-17-15-29)18-24(23)19-8-10-21(27)11-9-19/h3-11,22-24H,12-18H2,1-2H3,(H,28,30)/t22-,23-,24+/m1/s1. The molecule has 3 atom stereocenters. The van der Waals surface area contributed by atoms with Gasteiger partial charge in [-0.15, -0.1) is 0 Å². The molecule has 1 aliphatic carbocycles. The number of amides is 1. The lowest BCUT2D eigenvalue weighted by Gasteiger charge is -2.43. The van der Waals surface area contributed by atoms with E-state index in [1.807, 2.05) is 30.3 Å². The van der Waals surface area contributed by atoms with Crippen LogP contribution in [-0.2, 0) is 15.1 Å². The third kappa shape index (κ3) is 5.21. The van der Waals surface area contributed by atoms with Gasteiger partial charge < -0.3 is 10.1 Å². The first-order valence-electron chi connectivity index (χ1n) is 11.5. The predicted octanol–water partition coefficient (Wildman–Crippen LogP) is 3.12. The molecule has 1 N–H and O–H groups in total. The molecule has 1 saturated heterocycles. The summed E-state index contributed by atoms with van der Waals surface area (Å²) in [5.74, 6) is 0.300. The predicted molar refractivity (Wildman–Crippen MR) is 126 cm³/mol. The normalized spacial score (nSPS) is 25.2. The summed E-state index contributed by atoms with van der Waals surface area (Å²) >= 11 is 0. The molecule has 2 radical (unpaired) electrons. The van der Waals surface area contributed by atoms with Gasteiger partial charge in [-0.25, -0.2) is 0 Å². The molecule has 4 nitrogen and oxygen atoms in total. The first kappa shape index (κ1) is 22.1. The zero-order valence-corrected chi connectivity index (χ0v) is 18.7. The molecule has 1 amide bonds. The zero-order chi connectivity index (χ0) is 21.8. The van der Waals surface area contributed by atoms with Crippen LogP contribution in [0.15, 0.2) is 54.6 Å². The number of nitrogens with one attached hydrogen (secondary N) is 1. The first-order valence-corrected chi connectivity index (χ1v) is 11.5. The molecule has 2 aliphatic rings. The number of benzene rings is 2. The van der Waals surface area contributed by atoms with Crippen LogP contribution in [0.3, 0.4) is 0 Å². The monoisotopic (exact) mass is 416 g/mol. The van der Waals surface area contributed by atoms with E-state index >= 15 is 0 Å². The second-order valence-electron chi connectivity index (χ2n) is 9.48. The Kier molecular flexibility index (Phi) is 6.83. The van der Waals surface area contributed by atoms with Crippen LogP contribution < -0.4 is 10.8 Å². The van der Waals surface area contributed by atoms with E-state index in [-0.39, 0.29) is 17.7 Å². The van der Waals surface area contributed by atoms with E-state index in [9.17, 15) is 4.79 Å². The number of carbonyl (C=O) groups excluding carboxylic acids is 1. The molecule has 5 heteroatoms. The fourth-order valence-corrected chi connectivity index (χ4v) is 5.18. The zero-order valence-electron chi connectivity index (χ0n) is 18.7. The van der Waals surface area contributed by atoms with Crippen molar-refractivity contribution in [3.63, 3.8) is 0 Å². The molecule has 0 spiro atoms. The minimum atomic E-state index is -0.412. The minimum absolute atomic E-state index is 0.0381. The highest BCUT2D eigenvalue weighted by Crippen LogP contribution is 2.40. The van der Waals surface area contributed by atoms with Gasteiger partial charge in [-0.05, 0) is 50.2 Å². The van der Waals surface area contributed by atoms with Gasteiger partial charge in [0.1, 0.15) is 7.85 Å². The quantitative estimate of drug-likeness (QED) is 0.762. The van der Waals surface area contributed by atoms with Crippen LogP contribution in [0.5, 0.6) is 0 Å². The van der Waals surface area contributed by atoms with E-state index < -0.39 is 5.54 Å². The molecule has 1 aliphatic heterocycles. The number of nitrogens with zero attached hydrogens (tertiary/aromatic N) is 1. The maximum absolute atomic E-state index is 13.6. The molecule has 2 aromatic carbocycles. The maximum atomic E-state index is 13.6. The van der Waals surface area contributed by atoms with E-state index in [1.54, 1.807) is 0 Å². The summed E-state index contributed by atoms with van der Waals surface area (Å²) in [4.78, 5) is 16.1. The van der Waals surface area contributed by atoms with E-state index in [0.29, 0.717) is 6.04 Å². The van der Waals surface area contributed by atoms with Crippen LogP contribution >= 0.6 is 0 Å². The van der Waals surface area contributed by atoms with Gasteiger partial charge in [-0.3, -0.25) is 9.69 Å². The van der Waals surface area contributed by atoms with Crippen LogP contribution in [-0.4, -0.2) is 51.0 Å². The minimum Gasteiger partial charge on any atom is -0.379 e. The Balaban J connectivity index is 1.54. The van der Waals surface area contributed by atoms with Crippen molar-refractivity contribution in [1.29, 1.82) is 0 Å². The lowest BCUT2D eigenvalue weighted by atomic mass is 9.72. The SMILES string of the molecule is [B]c1ccc([C@@H]2C[C@H](N3CCOCC3)CC[C@H]2C(=O)NC(C)(C)c2ccccc2)cc1. The summed E-state index contributed by atoms with van der Waals surface area (Å²) in [5.41, 5.74) is 2.68. The van der Waals surface area contributed by atoms with Crippen LogP contribution in [0, 0.1) is 5.92 Å². The Morgan fingerprint density at radius 3 is 2.39 bits per heavy atom. The molecule has 2 aromatic rings. The number of carbonyl (C=O) groups is 1. The number of hydrogen-bond acceptors (Lipinski definition) is 3. The summed E-state index contributed by atoms with van der Waals surface area (Å²) in [7, 11) is 5.94. The van der Waals surface area contributed by atoms with Crippen molar-refractivity contribution in [3.8, 4) is 0 Å². The lowest BCUT2D eigenvalue weighted by molar-refractivity contribution is -0.129. The number of rotatable bonds is 5. The molecule has 1 heterocycles. The van der Waals surface area contributed by atoms with Crippen molar-refractivity contribution in [2.24, 2.45) is 5.92 Å². The molecular weight excluding hydrogens is 383 g/mol. The maximum Gasteiger partial charge on any atom is 0.224 e. The van der Waals surface area contributed by atoms with Crippen molar-refractivity contribution in [3.05, 3.63) is 65.7 Å². The Morgan fingerprint density at radius 2 is 1.71 bits per heavy atom. The van der Waals surface area contributed by atoms with Crippen molar-refractivity contribution in [2.45, 2.75) is 50.6 Å². The van der Waals surface area contributed by atoms with E-state index in [1.165, 1.54) is 5.56 Å². The molecule has 31 heavy (non-hydrogen) atoms. The average molecular weight is 416 g/mol. The van der Waals surface area contributed by atoms with Gasteiger partial charge >= 0.3 is 0 Å². The smallest absolute Gasteiger partial charge is 0.224 e. The first-order chi connectivity index (χ1) is 14.9. The Morgan fingerprint density at radius 1 is 1.03 bits per heavy atom. The highest BCUT2D eigenvalue weighted by Gasteiger charge is 2.39. The molecule has 162 valence electrons. The molecule has 0 bridgehead atoms. The van der Waals surface area contributed by atoms with Gasteiger partial charge in [0.15, 0.2) is 0 Å². The van der Waals surface area contributed by atoms with Crippen molar-refractivity contribution in [2.75, 3.05) is 26.3 Å². The van der Waals surface area contributed by atoms with Gasteiger partial charge in [-0.2, -0.15) is 0 Å². The van der Waals surface area contributed by atoms with Gasteiger partial charge in [0, 0.05) is 25.0 Å². The van der Waals surface area contributed by atoms with Gasteiger partial charge in [0.05, 0.1) is 18.8 Å². The second-order valence-corrected chi connectivity index (χ2v) is 9.48. The molecule has 0 unspecified atom stereocenters. The summed E-state index contributed by atoms with van der Waals surface area (Å²) in [5, 5.41) is 3.35. The topological polar surface area (TPSA) is 41.6 Å². The fraction of sp³-hybridized carbons (Fsp3) is 0.500. The van der Waals surface area contributed by atoms with Gasteiger partial charge in [0.2, 0.25) is 5.91 Å². The largest absolute Gasteiger partial charge is 0.379 e. The fourth-order valence-electron chi connectivity index (χ4n) is 5.18. The van der Waals surface area contributed by atoms with Crippen molar-refractivity contribution < 1.29 is 9.53 Å². The van der Waals surface area contributed by atoms with Crippen molar-refractivity contribution in [1.82, 2.24) is 10.2 Å². The van der Waals surface area contributed by atoms with E-state index in [4.69, 9.17) is 12.6 Å². The van der Waals surface area contributed by atoms with Gasteiger partial charge in [-0.1, -0.05) is 60.1 Å². The third-order valence-electron chi connectivity index (χ3n) is 7.02. The highest BCUT2D eigenvalue weighted by molar-refractivity contribution is 6.32. The summed E-state index contributed by atoms with van der Waals surface area (Å²) in [6.07, 6.45) is 2.94. The Bertz CT molecular complexity index is 863. The molecule has 0 aromatic heterocycles. The van der Waals surface area contributed by atoms with Crippen LogP contribution in [0.2, 0.25) is 0 Å². The van der Waals surface area contributed by atoms with E-state index in [2.05, 4.69) is 48.3 Å². The summed E-state index contributed by atoms with van der Waals surface area (Å²) in [6.45, 7) is 7.74. The molecule has 2 fully saturated rings. The lowest BCUT2D eigenvalue weighted by Crippen LogP contribution is -2.50. The Labute approximate surface area is 187 Å².